The van der Waals surface area contributed by atoms with E-state index in [0.29, 0.717) is 28.6 Å². The van der Waals surface area contributed by atoms with Gasteiger partial charge in [0.25, 0.3) is 0 Å². The molecule has 0 atom stereocenters. The molecule has 0 saturated heterocycles. The van der Waals surface area contributed by atoms with Gasteiger partial charge in [0.1, 0.15) is 11.4 Å². The molecule has 0 aliphatic heterocycles. The third kappa shape index (κ3) is 6.80. The number of halogens is 1. The van der Waals surface area contributed by atoms with Crippen molar-refractivity contribution in [1.82, 2.24) is 20.3 Å². The zero-order valence-corrected chi connectivity index (χ0v) is 20.6. The van der Waals surface area contributed by atoms with Gasteiger partial charge in [0.2, 0.25) is 5.95 Å². The molecule has 10 heteroatoms. The molecule has 0 bridgehead atoms. The summed E-state index contributed by atoms with van der Waals surface area (Å²) >= 11 is 0. The molecule has 3 aromatic rings. The fraction of sp³-hybridized carbons (Fsp3) is 0.385. The first kappa shape index (κ1) is 25.2. The summed E-state index contributed by atoms with van der Waals surface area (Å²) < 4.78 is 25.4. The maximum atomic E-state index is 14.3. The Balaban J connectivity index is 1.39. The van der Waals surface area contributed by atoms with Crippen molar-refractivity contribution in [3.05, 3.63) is 54.7 Å². The van der Waals surface area contributed by atoms with Gasteiger partial charge >= 0.3 is 6.09 Å². The van der Waals surface area contributed by atoms with Crippen LogP contribution in [0, 0.1) is 5.82 Å². The van der Waals surface area contributed by atoms with Crippen molar-refractivity contribution >= 4 is 17.7 Å². The Morgan fingerprint density at radius 2 is 1.81 bits per heavy atom. The molecule has 190 valence electrons. The monoisotopic (exact) mass is 494 g/mol. The Morgan fingerprint density at radius 3 is 2.53 bits per heavy atom. The van der Waals surface area contributed by atoms with Crippen molar-refractivity contribution in [2.45, 2.75) is 64.1 Å². The molecule has 0 radical (unpaired) electrons. The Morgan fingerprint density at radius 1 is 1.06 bits per heavy atom. The molecule has 2 aromatic heterocycles. The van der Waals surface area contributed by atoms with E-state index in [1.54, 1.807) is 36.8 Å². The number of nitrogens with two attached hydrogens (primary N) is 1. The second-order valence-electron chi connectivity index (χ2n) is 9.77. The molecule has 1 aliphatic rings. The highest BCUT2D eigenvalue weighted by molar-refractivity contribution is 5.68. The molecule has 4 rings (SSSR count). The first-order valence-corrected chi connectivity index (χ1v) is 11.9. The standard InChI is InChI=1S/C26H31FN6O3/c1-26(2,3)36-25(34)32-18-7-5-17(6-8-18)31-24-30-13-10-21(33-24)19-15-29-12-11-22(19)35-23-9-4-16(28)14-20(23)27/h4,9-15,17-18H,5-8,28H2,1-3H3,(H,32,34)(H,30,31,33). The Hall–Kier alpha value is -3.95. The van der Waals surface area contributed by atoms with E-state index >= 15 is 0 Å². The number of nitrogens with one attached hydrogen (secondary N) is 2. The van der Waals surface area contributed by atoms with Crippen LogP contribution in [-0.4, -0.2) is 38.7 Å². The molecule has 36 heavy (non-hydrogen) atoms. The van der Waals surface area contributed by atoms with Gasteiger partial charge in [-0.3, -0.25) is 4.98 Å². The highest BCUT2D eigenvalue weighted by atomic mass is 19.1. The van der Waals surface area contributed by atoms with Crippen molar-refractivity contribution in [2.24, 2.45) is 0 Å². The van der Waals surface area contributed by atoms with Crippen LogP contribution in [0.2, 0.25) is 0 Å². The van der Waals surface area contributed by atoms with Gasteiger partial charge in [-0.2, -0.15) is 0 Å². The number of nitrogen functional groups attached to an aromatic ring is 1. The van der Waals surface area contributed by atoms with E-state index in [0.717, 1.165) is 25.7 Å². The van der Waals surface area contributed by atoms with Crippen molar-refractivity contribution in [2.75, 3.05) is 11.1 Å². The van der Waals surface area contributed by atoms with Crippen LogP contribution in [0.4, 0.5) is 20.8 Å². The molecule has 1 aromatic carbocycles. The highest BCUT2D eigenvalue weighted by Crippen LogP contribution is 2.33. The molecule has 0 spiro atoms. The lowest BCUT2D eigenvalue weighted by molar-refractivity contribution is 0.0492. The summed E-state index contributed by atoms with van der Waals surface area (Å²) in [4.78, 5) is 25.2. The van der Waals surface area contributed by atoms with Crippen LogP contribution >= 0.6 is 0 Å². The quantitative estimate of drug-likeness (QED) is 0.394. The van der Waals surface area contributed by atoms with Crippen LogP contribution < -0.4 is 21.1 Å². The molecule has 4 N–H and O–H groups in total. The number of anilines is 2. The van der Waals surface area contributed by atoms with E-state index in [1.807, 2.05) is 20.8 Å². The number of carbonyl (C=O) groups is 1. The van der Waals surface area contributed by atoms with Crippen LogP contribution in [0.5, 0.6) is 11.5 Å². The summed E-state index contributed by atoms with van der Waals surface area (Å²) in [7, 11) is 0. The summed E-state index contributed by atoms with van der Waals surface area (Å²) in [5, 5.41) is 6.34. The summed E-state index contributed by atoms with van der Waals surface area (Å²) in [5.74, 6) is 0.386. The summed E-state index contributed by atoms with van der Waals surface area (Å²) in [6, 6.07) is 7.91. The third-order valence-electron chi connectivity index (χ3n) is 5.67. The zero-order chi connectivity index (χ0) is 25.7. The number of rotatable bonds is 6. The van der Waals surface area contributed by atoms with Crippen molar-refractivity contribution in [3.8, 4) is 22.8 Å². The second kappa shape index (κ2) is 10.8. The van der Waals surface area contributed by atoms with E-state index in [4.69, 9.17) is 15.2 Å². The predicted molar refractivity (Wildman–Crippen MR) is 135 cm³/mol. The van der Waals surface area contributed by atoms with Crippen molar-refractivity contribution in [3.63, 3.8) is 0 Å². The van der Waals surface area contributed by atoms with E-state index in [1.165, 1.54) is 12.1 Å². The number of carbonyl (C=O) groups excluding carboxylic acids is 1. The minimum Gasteiger partial charge on any atom is -0.453 e. The lowest BCUT2D eigenvalue weighted by atomic mass is 9.91. The number of amides is 1. The van der Waals surface area contributed by atoms with Gasteiger partial charge in [-0.05, 0) is 70.7 Å². The smallest absolute Gasteiger partial charge is 0.407 e. The maximum Gasteiger partial charge on any atom is 0.407 e. The van der Waals surface area contributed by atoms with Crippen LogP contribution in [-0.2, 0) is 4.74 Å². The largest absolute Gasteiger partial charge is 0.453 e. The minimum atomic E-state index is -0.556. The van der Waals surface area contributed by atoms with Gasteiger partial charge in [0.05, 0.1) is 11.3 Å². The fourth-order valence-electron chi connectivity index (χ4n) is 4.00. The summed E-state index contributed by atoms with van der Waals surface area (Å²) in [6.45, 7) is 5.54. The lowest BCUT2D eigenvalue weighted by Crippen LogP contribution is -2.42. The summed E-state index contributed by atoms with van der Waals surface area (Å²) in [5.41, 5.74) is 6.62. The van der Waals surface area contributed by atoms with Gasteiger partial charge in [-0.15, -0.1) is 0 Å². The van der Waals surface area contributed by atoms with Crippen LogP contribution in [0.3, 0.4) is 0 Å². The van der Waals surface area contributed by atoms with Crippen LogP contribution in [0.1, 0.15) is 46.5 Å². The van der Waals surface area contributed by atoms with Gasteiger partial charge in [-0.1, -0.05) is 0 Å². The molecule has 9 nitrogen and oxygen atoms in total. The molecular formula is C26H31FN6O3. The van der Waals surface area contributed by atoms with Crippen LogP contribution in [0.15, 0.2) is 48.9 Å². The molecule has 2 heterocycles. The molecule has 1 amide bonds. The predicted octanol–water partition coefficient (Wildman–Crippen LogP) is 5.30. The van der Waals surface area contributed by atoms with Gasteiger partial charge < -0.3 is 25.8 Å². The number of nitrogens with zero attached hydrogens (tertiary/aromatic N) is 3. The first-order valence-electron chi connectivity index (χ1n) is 11.9. The number of ether oxygens (including phenoxy) is 2. The Bertz CT molecular complexity index is 1210. The van der Waals surface area contributed by atoms with E-state index in [-0.39, 0.29) is 23.9 Å². The maximum absolute atomic E-state index is 14.3. The van der Waals surface area contributed by atoms with Gasteiger partial charge in [-0.25, -0.2) is 19.2 Å². The number of pyridine rings is 1. The number of alkyl carbamates (subject to hydrolysis) is 1. The highest BCUT2D eigenvalue weighted by Gasteiger charge is 2.25. The SMILES string of the molecule is CC(C)(C)OC(=O)NC1CCC(Nc2nccc(-c3cnccc3Oc3ccc(N)cc3F)n2)CC1. The molecule has 1 fully saturated rings. The first-order chi connectivity index (χ1) is 17.2. The van der Waals surface area contributed by atoms with Gasteiger partial charge in [0, 0.05) is 42.4 Å². The molecular weight excluding hydrogens is 463 g/mol. The number of hydrogen-bond acceptors (Lipinski definition) is 8. The average molecular weight is 495 g/mol. The van der Waals surface area contributed by atoms with Crippen molar-refractivity contribution in [1.29, 1.82) is 0 Å². The van der Waals surface area contributed by atoms with Crippen LogP contribution in [0.25, 0.3) is 11.3 Å². The Labute approximate surface area is 209 Å². The second-order valence-corrected chi connectivity index (χ2v) is 9.77. The lowest BCUT2D eigenvalue weighted by Gasteiger charge is -2.30. The molecule has 0 unspecified atom stereocenters. The Kier molecular flexibility index (Phi) is 7.52. The van der Waals surface area contributed by atoms with E-state index in [2.05, 4.69) is 25.6 Å². The third-order valence-corrected chi connectivity index (χ3v) is 5.67. The van der Waals surface area contributed by atoms with E-state index in [9.17, 15) is 9.18 Å². The number of benzene rings is 1. The minimum absolute atomic E-state index is 0.0563. The van der Waals surface area contributed by atoms with Gasteiger partial charge in [0.15, 0.2) is 11.6 Å². The summed E-state index contributed by atoms with van der Waals surface area (Å²) in [6.07, 6.45) is 7.80. The fourth-order valence-corrected chi connectivity index (χ4v) is 4.00. The molecule has 1 aliphatic carbocycles. The normalized spacial score (nSPS) is 17.8. The van der Waals surface area contributed by atoms with E-state index < -0.39 is 11.4 Å². The topological polar surface area (TPSA) is 124 Å². The molecule has 1 saturated carbocycles. The average Bonchev–Trinajstić information content (AvgIpc) is 2.81. The zero-order valence-electron chi connectivity index (χ0n) is 20.6. The number of aromatic nitrogens is 3. The number of hydrogen-bond donors (Lipinski definition) is 3. The van der Waals surface area contributed by atoms with Crippen molar-refractivity contribution < 1.29 is 18.7 Å².